The molecular formula is C17H20N2OS. The van der Waals surface area contributed by atoms with E-state index in [1.54, 1.807) is 0 Å². The van der Waals surface area contributed by atoms with Gasteiger partial charge in [-0.15, -0.1) is 0 Å². The fraction of sp³-hybridized carbons (Fsp3) is 0.412. The summed E-state index contributed by atoms with van der Waals surface area (Å²) < 4.78 is 6.57. The number of nitrogens with one attached hydrogen (secondary N) is 1. The van der Waals surface area contributed by atoms with Gasteiger partial charge in [-0.05, 0) is 38.3 Å². The van der Waals surface area contributed by atoms with Crippen LogP contribution in [-0.4, -0.2) is 16.6 Å². The van der Waals surface area contributed by atoms with E-state index in [4.69, 9.17) is 17.0 Å². The van der Waals surface area contributed by atoms with Crippen LogP contribution in [0.2, 0.25) is 0 Å². The largest absolute Gasteiger partial charge is 0.493 e. The number of hydrogen-bond acceptors (Lipinski definition) is 3. The zero-order chi connectivity index (χ0) is 14.8. The minimum Gasteiger partial charge on any atom is -0.493 e. The van der Waals surface area contributed by atoms with E-state index in [1.807, 2.05) is 25.1 Å². The number of benzene rings is 1. The van der Waals surface area contributed by atoms with E-state index in [-0.39, 0.29) is 0 Å². The Balaban J connectivity index is 2.09. The van der Waals surface area contributed by atoms with E-state index in [0.717, 1.165) is 41.4 Å². The molecule has 1 fully saturated rings. The molecule has 1 aliphatic carbocycles. The number of hydrogen-bond donors (Lipinski definition) is 1. The molecule has 110 valence electrons. The molecule has 1 aliphatic rings. The van der Waals surface area contributed by atoms with Crippen LogP contribution in [0.4, 0.5) is 0 Å². The predicted molar refractivity (Wildman–Crippen MR) is 87.4 cm³/mol. The summed E-state index contributed by atoms with van der Waals surface area (Å²) >= 11 is 5.43. The lowest BCUT2D eigenvalue weighted by Crippen LogP contribution is -2.02. The second-order valence-corrected chi connectivity index (χ2v) is 5.93. The zero-order valence-electron chi connectivity index (χ0n) is 12.5. The molecule has 0 bridgehead atoms. The van der Waals surface area contributed by atoms with Crippen molar-refractivity contribution in [2.75, 3.05) is 6.61 Å². The van der Waals surface area contributed by atoms with Crippen molar-refractivity contribution in [3.8, 4) is 17.0 Å². The monoisotopic (exact) mass is 300 g/mol. The standard InChI is InChI=1S/C17H20N2OS/c1-3-10-20-14-7-5-4-6-13(14)15-11(2)17(21)19-16(18-15)12-8-9-12/h4-7,12H,3,8-10H2,1-2H3,(H,18,19,21). The van der Waals surface area contributed by atoms with Gasteiger partial charge in [-0.25, -0.2) is 4.98 Å². The molecule has 0 radical (unpaired) electrons. The van der Waals surface area contributed by atoms with E-state index in [2.05, 4.69) is 23.0 Å². The first kappa shape index (κ1) is 14.3. The van der Waals surface area contributed by atoms with Gasteiger partial charge in [-0.2, -0.15) is 0 Å². The highest BCUT2D eigenvalue weighted by Crippen LogP contribution is 2.40. The van der Waals surface area contributed by atoms with Gasteiger partial charge in [-0.1, -0.05) is 31.3 Å². The number of para-hydroxylation sites is 1. The van der Waals surface area contributed by atoms with Crippen molar-refractivity contribution < 1.29 is 4.74 Å². The van der Waals surface area contributed by atoms with Crippen LogP contribution in [0.5, 0.6) is 5.75 Å². The van der Waals surface area contributed by atoms with Gasteiger partial charge in [-0.3, -0.25) is 0 Å². The third-order valence-electron chi connectivity index (χ3n) is 3.75. The summed E-state index contributed by atoms with van der Waals surface area (Å²) in [4.78, 5) is 8.02. The molecule has 4 heteroatoms. The Bertz CT molecular complexity index is 704. The van der Waals surface area contributed by atoms with Crippen LogP contribution in [0, 0.1) is 11.6 Å². The molecule has 21 heavy (non-hydrogen) atoms. The maximum atomic E-state index is 5.88. The second-order valence-electron chi connectivity index (χ2n) is 5.55. The molecule has 3 rings (SSSR count). The molecule has 0 unspecified atom stereocenters. The number of aromatic amines is 1. The fourth-order valence-electron chi connectivity index (χ4n) is 2.38. The maximum absolute atomic E-state index is 5.88. The van der Waals surface area contributed by atoms with Gasteiger partial charge in [0.15, 0.2) is 0 Å². The van der Waals surface area contributed by atoms with Gasteiger partial charge in [0, 0.05) is 17.0 Å². The Morgan fingerprint density at radius 3 is 2.81 bits per heavy atom. The third-order valence-corrected chi connectivity index (χ3v) is 4.15. The summed E-state index contributed by atoms with van der Waals surface area (Å²) in [6, 6.07) is 8.12. The Kier molecular flexibility index (Phi) is 4.06. The lowest BCUT2D eigenvalue weighted by atomic mass is 10.1. The van der Waals surface area contributed by atoms with E-state index in [1.165, 1.54) is 12.8 Å². The predicted octanol–water partition coefficient (Wildman–Crippen LogP) is 4.78. The van der Waals surface area contributed by atoms with E-state index < -0.39 is 0 Å². The van der Waals surface area contributed by atoms with Crippen LogP contribution in [0.3, 0.4) is 0 Å². The molecule has 2 aromatic rings. The van der Waals surface area contributed by atoms with Crippen LogP contribution in [0.1, 0.15) is 43.5 Å². The summed E-state index contributed by atoms with van der Waals surface area (Å²) in [5, 5.41) is 0. The quantitative estimate of drug-likeness (QED) is 0.807. The van der Waals surface area contributed by atoms with Crippen LogP contribution in [0.15, 0.2) is 24.3 Å². The summed E-state index contributed by atoms with van der Waals surface area (Å²) in [7, 11) is 0. The highest BCUT2D eigenvalue weighted by molar-refractivity contribution is 7.71. The number of ether oxygens (including phenoxy) is 1. The van der Waals surface area contributed by atoms with Crippen molar-refractivity contribution in [1.29, 1.82) is 0 Å². The average Bonchev–Trinajstić information content (AvgIpc) is 3.33. The number of aromatic nitrogens is 2. The molecule has 1 aromatic heterocycles. The van der Waals surface area contributed by atoms with Gasteiger partial charge >= 0.3 is 0 Å². The van der Waals surface area contributed by atoms with Gasteiger partial charge in [0.1, 0.15) is 16.2 Å². The van der Waals surface area contributed by atoms with Crippen LogP contribution in [-0.2, 0) is 0 Å². The minimum absolute atomic E-state index is 0.551. The Morgan fingerprint density at radius 2 is 2.10 bits per heavy atom. The number of rotatable bonds is 5. The molecular weight excluding hydrogens is 280 g/mol. The molecule has 1 N–H and O–H groups in total. The maximum Gasteiger partial charge on any atom is 0.133 e. The minimum atomic E-state index is 0.551. The number of H-pyrrole nitrogens is 1. The van der Waals surface area contributed by atoms with Crippen molar-refractivity contribution in [1.82, 2.24) is 9.97 Å². The first-order valence-corrected chi connectivity index (χ1v) is 7.94. The van der Waals surface area contributed by atoms with Gasteiger partial charge < -0.3 is 9.72 Å². The summed E-state index contributed by atoms with van der Waals surface area (Å²) in [5.41, 5.74) is 3.13. The first-order valence-electron chi connectivity index (χ1n) is 7.53. The Hall–Kier alpha value is -1.68. The molecule has 1 heterocycles. The van der Waals surface area contributed by atoms with Gasteiger partial charge in [0.2, 0.25) is 0 Å². The SMILES string of the molecule is CCCOc1ccccc1-c1[nH]c(C2CC2)nc(=S)c1C. The zero-order valence-corrected chi connectivity index (χ0v) is 13.3. The molecule has 1 saturated carbocycles. The van der Waals surface area contributed by atoms with E-state index >= 15 is 0 Å². The van der Waals surface area contributed by atoms with Crippen molar-refractivity contribution in [3.63, 3.8) is 0 Å². The van der Waals surface area contributed by atoms with E-state index in [9.17, 15) is 0 Å². The van der Waals surface area contributed by atoms with Crippen molar-refractivity contribution in [2.24, 2.45) is 0 Å². The van der Waals surface area contributed by atoms with E-state index in [0.29, 0.717) is 10.6 Å². The highest BCUT2D eigenvalue weighted by atomic mass is 32.1. The highest BCUT2D eigenvalue weighted by Gasteiger charge is 2.27. The molecule has 0 aliphatic heterocycles. The molecule has 0 spiro atoms. The molecule has 0 amide bonds. The second kappa shape index (κ2) is 5.98. The van der Waals surface area contributed by atoms with Crippen LogP contribution >= 0.6 is 12.2 Å². The topological polar surface area (TPSA) is 37.9 Å². The summed E-state index contributed by atoms with van der Waals surface area (Å²) in [6.07, 6.45) is 3.40. The third kappa shape index (κ3) is 3.00. The van der Waals surface area contributed by atoms with Crippen molar-refractivity contribution >= 4 is 12.2 Å². The first-order chi connectivity index (χ1) is 10.2. The molecule has 1 aromatic carbocycles. The molecule has 3 nitrogen and oxygen atoms in total. The molecule has 0 saturated heterocycles. The van der Waals surface area contributed by atoms with Crippen LogP contribution < -0.4 is 4.74 Å². The van der Waals surface area contributed by atoms with Crippen molar-refractivity contribution in [3.05, 3.63) is 40.3 Å². The van der Waals surface area contributed by atoms with Crippen molar-refractivity contribution in [2.45, 2.75) is 39.0 Å². The Labute approximate surface area is 130 Å². The Morgan fingerprint density at radius 1 is 1.33 bits per heavy atom. The lowest BCUT2D eigenvalue weighted by molar-refractivity contribution is 0.318. The normalized spacial score (nSPS) is 14.2. The molecule has 0 atom stereocenters. The van der Waals surface area contributed by atoms with Gasteiger partial charge in [0.05, 0.1) is 12.3 Å². The van der Waals surface area contributed by atoms with Gasteiger partial charge in [0.25, 0.3) is 0 Å². The summed E-state index contributed by atoms with van der Waals surface area (Å²) in [5.74, 6) is 2.47. The fourth-order valence-corrected chi connectivity index (χ4v) is 2.58. The van der Waals surface area contributed by atoms with Crippen LogP contribution in [0.25, 0.3) is 11.3 Å². The average molecular weight is 300 g/mol. The number of nitrogens with zero attached hydrogens (tertiary/aromatic N) is 1. The summed E-state index contributed by atoms with van der Waals surface area (Å²) in [6.45, 7) is 4.85. The smallest absolute Gasteiger partial charge is 0.133 e. The lowest BCUT2D eigenvalue weighted by Gasteiger charge is -2.14.